The Labute approximate surface area is 136 Å². The molecule has 0 bridgehead atoms. The SMILES string of the molecule is O=C(NC1(C(=O)O)CCOC1)c1cc(N2CCNC2=O)ccc1F. The number of rotatable bonds is 4. The summed E-state index contributed by atoms with van der Waals surface area (Å²) < 4.78 is 19.1. The van der Waals surface area contributed by atoms with Gasteiger partial charge in [-0.3, -0.25) is 9.69 Å². The minimum Gasteiger partial charge on any atom is -0.479 e. The van der Waals surface area contributed by atoms with Gasteiger partial charge in [-0.2, -0.15) is 0 Å². The molecule has 0 spiro atoms. The highest BCUT2D eigenvalue weighted by Gasteiger charge is 2.44. The molecule has 0 saturated carbocycles. The van der Waals surface area contributed by atoms with Crippen LogP contribution in [0.25, 0.3) is 0 Å². The van der Waals surface area contributed by atoms with Crippen LogP contribution >= 0.6 is 0 Å². The minimum atomic E-state index is -1.56. The lowest BCUT2D eigenvalue weighted by Gasteiger charge is -2.24. The van der Waals surface area contributed by atoms with Gasteiger partial charge in [0.25, 0.3) is 5.91 Å². The maximum atomic E-state index is 14.0. The van der Waals surface area contributed by atoms with Gasteiger partial charge >= 0.3 is 12.0 Å². The van der Waals surface area contributed by atoms with Crippen molar-refractivity contribution in [3.05, 3.63) is 29.6 Å². The summed E-state index contributed by atoms with van der Waals surface area (Å²) in [6, 6.07) is 3.37. The van der Waals surface area contributed by atoms with Crippen LogP contribution in [0.15, 0.2) is 18.2 Å². The molecular formula is C15H16FN3O5. The van der Waals surface area contributed by atoms with Gasteiger partial charge in [-0.05, 0) is 18.2 Å². The number of carbonyl (C=O) groups is 3. The molecule has 3 amide bonds. The summed E-state index contributed by atoms with van der Waals surface area (Å²) in [5, 5.41) is 14.3. The van der Waals surface area contributed by atoms with Gasteiger partial charge in [-0.15, -0.1) is 0 Å². The van der Waals surface area contributed by atoms with Crippen LogP contribution in [0, 0.1) is 5.82 Å². The van der Waals surface area contributed by atoms with Gasteiger partial charge in [0.1, 0.15) is 5.82 Å². The molecular weight excluding hydrogens is 321 g/mol. The second kappa shape index (κ2) is 6.08. The number of amides is 3. The minimum absolute atomic E-state index is 0.101. The molecule has 1 atom stereocenters. The molecule has 24 heavy (non-hydrogen) atoms. The van der Waals surface area contributed by atoms with Crippen molar-refractivity contribution in [1.29, 1.82) is 0 Å². The summed E-state index contributed by atoms with van der Waals surface area (Å²) in [5.41, 5.74) is -1.52. The number of carboxylic acids is 1. The van der Waals surface area contributed by atoms with E-state index in [2.05, 4.69) is 10.6 Å². The summed E-state index contributed by atoms with van der Waals surface area (Å²) >= 11 is 0. The molecule has 1 aromatic carbocycles. The predicted octanol–water partition coefficient (Wildman–Crippen LogP) is 0.329. The molecule has 0 aromatic heterocycles. The molecule has 3 rings (SSSR count). The Morgan fingerprint density at radius 2 is 2.21 bits per heavy atom. The molecule has 2 fully saturated rings. The van der Waals surface area contributed by atoms with Crippen LogP contribution in [0.4, 0.5) is 14.9 Å². The topological polar surface area (TPSA) is 108 Å². The quantitative estimate of drug-likeness (QED) is 0.734. The molecule has 2 heterocycles. The number of nitrogens with zero attached hydrogens (tertiary/aromatic N) is 1. The summed E-state index contributed by atoms with van der Waals surface area (Å²) in [6.45, 7) is 0.878. The van der Waals surface area contributed by atoms with Gasteiger partial charge in [0, 0.05) is 31.8 Å². The number of hydrogen-bond acceptors (Lipinski definition) is 4. The third-order valence-corrected chi connectivity index (χ3v) is 4.15. The van der Waals surface area contributed by atoms with Crippen molar-refractivity contribution in [3.8, 4) is 0 Å². The molecule has 2 aliphatic heterocycles. The van der Waals surface area contributed by atoms with E-state index in [1.807, 2.05) is 0 Å². The van der Waals surface area contributed by atoms with Gasteiger partial charge < -0.3 is 20.5 Å². The lowest BCUT2D eigenvalue weighted by atomic mass is 9.98. The van der Waals surface area contributed by atoms with Crippen molar-refractivity contribution >= 4 is 23.6 Å². The Morgan fingerprint density at radius 1 is 1.42 bits per heavy atom. The number of ether oxygens (including phenoxy) is 1. The van der Waals surface area contributed by atoms with Gasteiger partial charge in [-0.1, -0.05) is 0 Å². The first-order chi connectivity index (χ1) is 11.4. The molecule has 9 heteroatoms. The van der Waals surface area contributed by atoms with E-state index in [0.717, 1.165) is 6.07 Å². The number of anilines is 1. The largest absolute Gasteiger partial charge is 0.479 e. The standard InChI is InChI=1S/C15H16FN3O5/c16-11-2-1-9(19-5-4-17-14(19)23)7-10(11)12(20)18-15(13(21)22)3-6-24-8-15/h1-2,7H,3-6,8H2,(H,17,23)(H,18,20)(H,21,22). The number of nitrogens with one attached hydrogen (secondary N) is 2. The third-order valence-electron chi connectivity index (χ3n) is 4.15. The predicted molar refractivity (Wildman–Crippen MR) is 80.4 cm³/mol. The number of urea groups is 1. The number of hydrogen-bond donors (Lipinski definition) is 3. The highest BCUT2D eigenvalue weighted by atomic mass is 19.1. The van der Waals surface area contributed by atoms with E-state index >= 15 is 0 Å². The maximum absolute atomic E-state index is 14.0. The van der Waals surface area contributed by atoms with Gasteiger partial charge in [-0.25, -0.2) is 14.0 Å². The van der Waals surface area contributed by atoms with Crippen LogP contribution in [-0.2, 0) is 9.53 Å². The van der Waals surface area contributed by atoms with Crippen LogP contribution in [0.3, 0.4) is 0 Å². The summed E-state index contributed by atoms with van der Waals surface area (Å²) in [5.74, 6) is -2.89. The number of halogens is 1. The maximum Gasteiger partial charge on any atom is 0.331 e. The molecule has 1 aromatic rings. The fourth-order valence-corrected chi connectivity index (χ4v) is 2.74. The van der Waals surface area contributed by atoms with Gasteiger partial charge in [0.2, 0.25) is 0 Å². The van der Waals surface area contributed by atoms with E-state index in [-0.39, 0.29) is 31.2 Å². The van der Waals surface area contributed by atoms with Gasteiger partial charge in [0.05, 0.1) is 12.2 Å². The number of benzene rings is 1. The smallest absolute Gasteiger partial charge is 0.331 e. The van der Waals surface area contributed by atoms with Crippen molar-refractivity contribution in [3.63, 3.8) is 0 Å². The Kier molecular flexibility index (Phi) is 4.10. The van der Waals surface area contributed by atoms with Crippen molar-refractivity contribution < 1.29 is 28.6 Å². The van der Waals surface area contributed by atoms with Crippen LogP contribution in [-0.4, -0.2) is 54.9 Å². The molecule has 2 saturated heterocycles. The van der Waals surface area contributed by atoms with E-state index in [1.165, 1.54) is 17.0 Å². The van der Waals surface area contributed by atoms with Crippen molar-refractivity contribution in [2.75, 3.05) is 31.2 Å². The molecule has 0 radical (unpaired) electrons. The fourth-order valence-electron chi connectivity index (χ4n) is 2.74. The van der Waals surface area contributed by atoms with Crippen LogP contribution in [0.5, 0.6) is 0 Å². The Morgan fingerprint density at radius 3 is 2.79 bits per heavy atom. The van der Waals surface area contributed by atoms with Crippen molar-refractivity contribution in [1.82, 2.24) is 10.6 Å². The zero-order valence-electron chi connectivity index (χ0n) is 12.7. The van der Waals surface area contributed by atoms with Crippen molar-refractivity contribution in [2.45, 2.75) is 12.0 Å². The van der Waals surface area contributed by atoms with Crippen LogP contribution < -0.4 is 15.5 Å². The van der Waals surface area contributed by atoms with Crippen LogP contribution in [0.2, 0.25) is 0 Å². The molecule has 8 nitrogen and oxygen atoms in total. The highest BCUT2D eigenvalue weighted by molar-refractivity contribution is 6.00. The summed E-state index contributed by atoms with van der Waals surface area (Å²) in [7, 11) is 0. The third kappa shape index (κ3) is 2.78. The van der Waals surface area contributed by atoms with E-state index in [9.17, 15) is 23.9 Å². The zero-order valence-corrected chi connectivity index (χ0v) is 12.7. The first-order valence-corrected chi connectivity index (χ1v) is 7.41. The first-order valence-electron chi connectivity index (χ1n) is 7.41. The van der Waals surface area contributed by atoms with E-state index in [4.69, 9.17) is 4.74 Å². The average molecular weight is 337 g/mol. The highest BCUT2D eigenvalue weighted by Crippen LogP contribution is 2.23. The van der Waals surface area contributed by atoms with E-state index in [0.29, 0.717) is 18.8 Å². The number of carbonyl (C=O) groups excluding carboxylic acids is 2. The Hall–Kier alpha value is -2.68. The summed E-state index contributed by atoms with van der Waals surface area (Å²) in [6.07, 6.45) is 0.101. The molecule has 3 N–H and O–H groups in total. The second-order valence-corrected chi connectivity index (χ2v) is 5.69. The molecule has 0 aliphatic carbocycles. The lowest BCUT2D eigenvalue weighted by Crippen LogP contribution is -2.55. The number of carboxylic acid groups (broad SMARTS) is 1. The number of aliphatic carboxylic acids is 1. The van der Waals surface area contributed by atoms with E-state index < -0.39 is 23.2 Å². The van der Waals surface area contributed by atoms with Crippen LogP contribution in [0.1, 0.15) is 16.8 Å². The monoisotopic (exact) mass is 337 g/mol. The Bertz CT molecular complexity index is 702. The summed E-state index contributed by atoms with van der Waals surface area (Å²) in [4.78, 5) is 36.9. The Balaban J connectivity index is 1.86. The van der Waals surface area contributed by atoms with Crippen molar-refractivity contribution in [2.24, 2.45) is 0 Å². The average Bonchev–Trinajstić information content (AvgIpc) is 3.18. The molecule has 128 valence electrons. The van der Waals surface area contributed by atoms with Gasteiger partial charge in [0.15, 0.2) is 5.54 Å². The zero-order chi connectivity index (χ0) is 17.3. The first kappa shape index (κ1) is 16.2. The lowest BCUT2D eigenvalue weighted by molar-refractivity contribution is -0.144. The fraction of sp³-hybridized carbons (Fsp3) is 0.400. The van der Waals surface area contributed by atoms with E-state index in [1.54, 1.807) is 0 Å². The molecule has 2 aliphatic rings. The second-order valence-electron chi connectivity index (χ2n) is 5.69. The normalized spacial score (nSPS) is 23.2. The molecule has 1 unspecified atom stereocenters.